The molecule has 178 valence electrons. The Kier molecular flexibility index (Phi) is 6.32. The van der Waals surface area contributed by atoms with Crippen LogP contribution in [0.5, 0.6) is 0 Å². The number of anilines is 1. The Bertz CT molecular complexity index is 1320. The number of hydrogen-bond acceptors (Lipinski definition) is 8. The molecule has 2 aliphatic heterocycles. The van der Waals surface area contributed by atoms with Crippen LogP contribution in [0.3, 0.4) is 0 Å². The van der Waals surface area contributed by atoms with E-state index in [9.17, 15) is 14.7 Å². The number of benzene rings is 1. The predicted molar refractivity (Wildman–Crippen MR) is 135 cm³/mol. The van der Waals surface area contributed by atoms with Gasteiger partial charge in [-0.15, -0.1) is 11.3 Å². The maximum Gasteiger partial charge on any atom is 0.341 e. The summed E-state index contributed by atoms with van der Waals surface area (Å²) in [6.07, 6.45) is 1.34. The zero-order chi connectivity index (χ0) is 23.8. The third-order valence-electron chi connectivity index (χ3n) is 6.11. The lowest BCUT2D eigenvalue weighted by molar-refractivity contribution is 0.0695. The topological polar surface area (TPSA) is 81.4 Å². The monoisotopic (exact) mass is 501 g/mol. The fourth-order valence-corrected chi connectivity index (χ4v) is 6.05. The van der Waals surface area contributed by atoms with Gasteiger partial charge in [-0.1, -0.05) is 17.8 Å². The molecule has 2 aliphatic rings. The van der Waals surface area contributed by atoms with E-state index in [2.05, 4.69) is 21.4 Å². The molecule has 34 heavy (non-hydrogen) atoms. The molecule has 5 rings (SSSR count). The fourth-order valence-electron chi connectivity index (χ4n) is 4.33. The number of carboxylic acids is 1. The van der Waals surface area contributed by atoms with Crippen molar-refractivity contribution < 1.29 is 14.3 Å². The lowest BCUT2D eigenvalue weighted by Crippen LogP contribution is -2.49. The quantitative estimate of drug-likeness (QED) is 0.555. The number of rotatable bonds is 6. The van der Waals surface area contributed by atoms with E-state index in [0.717, 1.165) is 30.7 Å². The highest BCUT2D eigenvalue weighted by Gasteiger charge is 2.25. The maximum atomic E-state index is 15.1. The summed E-state index contributed by atoms with van der Waals surface area (Å²) in [5.74, 6) is -0.998. The van der Waals surface area contributed by atoms with Crippen LogP contribution in [0.2, 0.25) is 0 Å². The minimum Gasteiger partial charge on any atom is -0.477 e. The Morgan fingerprint density at radius 2 is 2.03 bits per heavy atom. The number of aryl methyl sites for hydroxylation is 1. The van der Waals surface area contributed by atoms with Crippen molar-refractivity contribution in [3.8, 4) is 0 Å². The molecule has 1 N–H and O–H groups in total. The van der Waals surface area contributed by atoms with Crippen LogP contribution in [0.15, 0.2) is 45.7 Å². The van der Waals surface area contributed by atoms with Crippen LogP contribution in [0.1, 0.15) is 22.2 Å². The number of aromatic nitrogens is 1. The van der Waals surface area contributed by atoms with Gasteiger partial charge in [0.25, 0.3) is 0 Å². The zero-order valence-electron chi connectivity index (χ0n) is 18.6. The smallest absolute Gasteiger partial charge is 0.341 e. The number of thiophene rings is 1. The lowest BCUT2D eigenvalue weighted by atomic mass is 10.1. The van der Waals surface area contributed by atoms with Crippen molar-refractivity contribution in [3.05, 3.63) is 62.3 Å². The molecule has 8 nitrogen and oxygen atoms in total. The second kappa shape index (κ2) is 9.40. The Balaban J connectivity index is 1.31. The standard InChI is InChI=1S/C23H24FN5O3S2/c1-2-27-12-16(23(31)32)21(30)15-10-17(24)19(11-18(15)27)28-7-5-26(6-8-28)13-29-14-34-22(25-29)20-4-3-9-33-20/h3-4,9-12H,2,5-8,13-14H2,1H3,(H,31,32). The summed E-state index contributed by atoms with van der Waals surface area (Å²) < 4.78 is 16.8. The van der Waals surface area contributed by atoms with Gasteiger partial charge >= 0.3 is 5.97 Å². The number of aromatic carboxylic acids is 1. The molecule has 0 spiro atoms. The van der Waals surface area contributed by atoms with E-state index in [1.165, 1.54) is 17.1 Å². The van der Waals surface area contributed by atoms with E-state index in [1.807, 2.05) is 17.9 Å². The average molecular weight is 502 g/mol. The van der Waals surface area contributed by atoms with Crippen molar-refractivity contribution in [1.29, 1.82) is 0 Å². The number of carbonyl (C=O) groups is 1. The largest absolute Gasteiger partial charge is 0.477 e. The number of thioether (sulfide) groups is 1. The first-order valence-corrected chi connectivity index (χ1v) is 12.9. The molecular formula is C23H24FN5O3S2. The van der Waals surface area contributed by atoms with Gasteiger partial charge in [-0.3, -0.25) is 14.7 Å². The Hall–Kier alpha value is -2.89. The summed E-state index contributed by atoms with van der Waals surface area (Å²) in [5.41, 5.74) is -0.0269. The fraction of sp³-hybridized carbons (Fsp3) is 0.348. The molecule has 0 bridgehead atoms. The van der Waals surface area contributed by atoms with Crippen LogP contribution >= 0.6 is 23.1 Å². The molecule has 2 aromatic heterocycles. The van der Waals surface area contributed by atoms with Crippen molar-refractivity contribution in [1.82, 2.24) is 14.5 Å². The molecular weight excluding hydrogens is 477 g/mol. The van der Waals surface area contributed by atoms with Crippen LogP contribution in [0.25, 0.3) is 10.9 Å². The van der Waals surface area contributed by atoms with Gasteiger partial charge in [0.2, 0.25) is 5.43 Å². The molecule has 11 heteroatoms. The number of hydrazone groups is 1. The lowest BCUT2D eigenvalue weighted by Gasteiger charge is -2.37. The van der Waals surface area contributed by atoms with E-state index >= 15 is 4.39 Å². The van der Waals surface area contributed by atoms with Gasteiger partial charge in [-0.25, -0.2) is 9.18 Å². The molecule has 0 amide bonds. The van der Waals surface area contributed by atoms with Crippen LogP contribution in [0, 0.1) is 5.82 Å². The van der Waals surface area contributed by atoms with Crippen LogP contribution in [0.4, 0.5) is 10.1 Å². The summed E-state index contributed by atoms with van der Waals surface area (Å²) in [6, 6.07) is 6.96. The second-order valence-electron chi connectivity index (χ2n) is 8.19. The van der Waals surface area contributed by atoms with E-state index in [-0.39, 0.29) is 10.9 Å². The van der Waals surface area contributed by atoms with E-state index < -0.39 is 17.2 Å². The number of halogens is 1. The van der Waals surface area contributed by atoms with Gasteiger partial charge in [-0.2, -0.15) is 5.10 Å². The molecule has 4 heterocycles. The van der Waals surface area contributed by atoms with E-state index in [0.29, 0.717) is 30.8 Å². The third kappa shape index (κ3) is 4.30. The number of fused-ring (bicyclic) bond motifs is 1. The average Bonchev–Trinajstić information content (AvgIpc) is 3.52. The first-order valence-electron chi connectivity index (χ1n) is 11.0. The number of carboxylic acid groups (broad SMARTS) is 1. The summed E-state index contributed by atoms with van der Waals surface area (Å²) >= 11 is 3.43. The molecule has 3 aromatic rings. The van der Waals surface area contributed by atoms with Crippen molar-refractivity contribution in [2.45, 2.75) is 13.5 Å². The highest BCUT2D eigenvalue weighted by molar-refractivity contribution is 8.14. The van der Waals surface area contributed by atoms with Crippen molar-refractivity contribution in [2.75, 3.05) is 43.6 Å². The molecule has 1 fully saturated rings. The summed E-state index contributed by atoms with van der Waals surface area (Å²) in [5, 5.41) is 19.3. The maximum absolute atomic E-state index is 15.1. The summed E-state index contributed by atoms with van der Waals surface area (Å²) in [4.78, 5) is 29.5. The van der Waals surface area contributed by atoms with Crippen LogP contribution < -0.4 is 10.3 Å². The summed E-state index contributed by atoms with van der Waals surface area (Å²) in [7, 11) is 0. The zero-order valence-corrected chi connectivity index (χ0v) is 20.2. The van der Waals surface area contributed by atoms with Gasteiger partial charge in [0.15, 0.2) is 0 Å². The minimum absolute atomic E-state index is 0.0903. The Morgan fingerprint density at radius 3 is 2.71 bits per heavy atom. The van der Waals surface area contributed by atoms with E-state index in [1.54, 1.807) is 33.7 Å². The first kappa shape index (κ1) is 22.9. The molecule has 0 atom stereocenters. The highest BCUT2D eigenvalue weighted by atomic mass is 32.2. The normalized spacial score (nSPS) is 16.9. The molecule has 0 radical (unpaired) electrons. The van der Waals surface area contributed by atoms with Gasteiger partial charge in [0, 0.05) is 44.3 Å². The second-order valence-corrected chi connectivity index (χ2v) is 10.1. The Labute approximate surface area is 203 Å². The van der Waals surface area contributed by atoms with Gasteiger partial charge in [0.05, 0.1) is 28.6 Å². The van der Waals surface area contributed by atoms with E-state index in [4.69, 9.17) is 5.10 Å². The number of nitrogens with zero attached hydrogens (tertiary/aromatic N) is 5. The van der Waals surface area contributed by atoms with Crippen molar-refractivity contribution in [2.24, 2.45) is 5.10 Å². The Morgan fingerprint density at radius 1 is 1.24 bits per heavy atom. The number of hydrogen-bond donors (Lipinski definition) is 1. The van der Waals surface area contributed by atoms with Gasteiger partial charge < -0.3 is 14.6 Å². The third-order valence-corrected chi connectivity index (χ3v) is 8.12. The number of piperazine rings is 1. The predicted octanol–water partition coefficient (Wildman–Crippen LogP) is 3.37. The highest BCUT2D eigenvalue weighted by Crippen LogP contribution is 2.28. The van der Waals surface area contributed by atoms with Gasteiger partial charge in [-0.05, 0) is 30.5 Å². The van der Waals surface area contributed by atoms with Crippen LogP contribution in [-0.4, -0.2) is 69.3 Å². The SMILES string of the molecule is CCn1cc(C(=O)O)c(=O)c2cc(F)c(N3CCN(CN4CSC(c5cccs5)=N4)CC3)cc21. The first-order chi connectivity index (χ1) is 16.4. The molecule has 0 aliphatic carbocycles. The summed E-state index contributed by atoms with van der Waals surface area (Å²) in [6.45, 7) is 5.88. The van der Waals surface area contributed by atoms with Gasteiger partial charge in [0.1, 0.15) is 16.4 Å². The number of pyridine rings is 1. The van der Waals surface area contributed by atoms with Crippen molar-refractivity contribution in [3.63, 3.8) is 0 Å². The van der Waals surface area contributed by atoms with Crippen molar-refractivity contribution >= 4 is 50.7 Å². The molecule has 1 saturated heterocycles. The molecule has 0 saturated carbocycles. The minimum atomic E-state index is -1.31. The molecule has 1 aromatic carbocycles. The molecule has 0 unspecified atom stereocenters. The van der Waals surface area contributed by atoms with Crippen LogP contribution in [-0.2, 0) is 6.54 Å².